The van der Waals surface area contributed by atoms with E-state index in [0.717, 1.165) is 0 Å². The van der Waals surface area contributed by atoms with Crippen LogP contribution < -0.4 is 11.1 Å². The number of alkyl halides is 2. The zero-order valence-electron chi connectivity index (χ0n) is 21.5. The molecule has 200 valence electrons. The normalized spacial score (nSPS) is 28.2. The van der Waals surface area contributed by atoms with Gasteiger partial charge in [-0.25, -0.2) is 13.6 Å². The average Bonchev–Trinajstić information content (AvgIpc) is 2.70. The Bertz CT molecular complexity index is 1080. The molecule has 3 rings (SSSR count). The molecule has 4 N–H and O–H groups in total. The second kappa shape index (κ2) is 9.57. The van der Waals surface area contributed by atoms with Gasteiger partial charge >= 0.3 is 6.09 Å². The minimum absolute atomic E-state index is 0.0217. The van der Waals surface area contributed by atoms with Gasteiger partial charge in [-0.05, 0) is 49.5 Å². The molecule has 0 radical (unpaired) electrons. The Labute approximate surface area is 216 Å². The number of aliphatic imine (C=N–C) groups is 1. The van der Waals surface area contributed by atoms with E-state index in [1.807, 2.05) is 33.9 Å². The first-order valence-corrected chi connectivity index (χ1v) is 15.2. The highest BCUT2D eigenvalue weighted by atomic mass is 35.5. The molecule has 1 aromatic carbocycles. The molecule has 0 bridgehead atoms. The maximum absolute atomic E-state index is 15.0. The number of anilines is 1. The SMILES string of the molecule is CC(C)(C)[Si](C)(C)O[C@H]1C[C@@H](N2C(=O)C[C@@](C)(c3cccc(N)c3Cl)N/C2=N\C(=O)O)CCC1(F)F. The summed E-state index contributed by atoms with van der Waals surface area (Å²) in [5, 5.41) is 12.4. The molecule has 0 aromatic heterocycles. The van der Waals surface area contributed by atoms with Crippen LogP contribution in [0.1, 0.15) is 58.9 Å². The number of carbonyl (C=O) groups is 2. The molecule has 2 amide bonds. The van der Waals surface area contributed by atoms with Gasteiger partial charge in [-0.1, -0.05) is 44.5 Å². The van der Waals surface area contributed by atoms with Crippen LogP contribution in [0.15, 0.2) is 23.2 Å². The first-order valence-electron chi connectivity index (χ1n) is 11.9. The van der Waals surface area contributed by atoms with E-state index in [-0.39, 0.29) is 35.3 Å². The Morgan fingerprint density at radius 2 is 2.00 bits per heavy atom. The lowest BCUT2D eigenvalue weighted by atomic mass is 9.84. The van der Waals surface area contributed by atoms with Crippen LogP contribution in [0.4, 0.5) is 19.3 Å². The quantitative estimate of drug-likeness (QED) is 0.337. The number of carboxylic acid groups (broad SMARTS) is 1. The Morgan fingerprint density at radius 3 is 2.58 bits per heavy atom. The maximum atomic E-state index is 15.0. The number of guanidine groups is 1. The molecular weight excluding hydrogens is 510 g/mol. The summed E-state index contributed by atoms with van der Waals surface area (Å²) in [6, 6.07) is 4.28. The van der Waals surface area contributed by atoms with E-state index in [9.17, 15) is 23.5 Å². The Morgan fingerprint density at radius 1 is 1.36 bits per heavy atom. The summed E-state index contributed by atoms with van der Waals surface area (Å²) in [5.41, 5.74) is 5.65. The first-order chi connectivity index (χ1) is 16.4. The van der Waals surface area contributed by atoms with Crippen LogP contribution >= 0.6 is 11.6 Å². The average molecular weight is 545 g/mol. The Balaban J connectivity index is 1.95. The van der Waals surface area contributed by atoms with E-state index in [1.165, 1.54) is 4.90 Å². The van der Waals surface area contributed by atoms with Gasteiger partial charge in [0, 0.05) is 12.5 Å². The third-order valence-electron chi connectivity index (χ3n) is 7.59. The fraction of sp³-hybridized carbons (Fsp3) is 0.625. The second-order valence-corrected chi connectivity index (χ2v) is 16.5. The summed E-state index contributed by atoms with van der Waals surface area (Å²) < 4.78 is 36.1. The zero-order chi connectivity index (χ0) is 27.3. The molecule has 0 spiro atoms. The van der Waals surface area contributed by atoms with Crippen molar-refractivity contribution >= 4 is 43.6 Å². The van der Waals surface area contributed by atoms with Gasteiger partial charge in [-0.2, -0.15) is 0 Å². The number of halogens is 3. The molecule has 0 unspecified atom stereocenters. The minimum atomic E-state index is -3.06. The van der Waals surface area contributed by atoms with Crippen molar-refractivity contribution in [3.05, 3.63) is 28.8 Å². The van der Waals surface area contributed by atoms with Crippen molar-refractivity contribution in [2.75, 3.05) is 5.73 Å². The lowest BCUT2D eigenvalue weighted by molar-refractivity contribution is -0.148. The lowest BCUT2D eigenvalue weighted by Crippen LogP contribution is -2.64. The van der Waals surface area contributed by atoms with Crippen molar-refractivity contribution in [2.45, 2.75) is 95.1 Å². The molecule has 36 heavy (non-hydrogen) atoms. The number of hydrogen-bond acceptors (Lipinski definition) is 4. The molecule has 1 saturated carbocycles. The minimum Gasteiger partial charge on any atom is -0.463 e. The van der Waals surface area contributed by atoms with Crippen LogP contribution in [0.25, 0.3) is 0 Å². The van der Waals surface area contributed by atoms with E-state index in [4.69, 9.17) is 21.8 Å². The number of nitrogens with one attached hydrogen (secondary N) is 1. The summed E-state index contributed by atoms with van der Waals surface area (Å²) in [6.07, 6.45) is -3.66. The maximum Gasteiger partial charge on any atom is 0.434 e. The van der Waals surface area contributed by atoms with Gasteiger partial charge in [0.05, 0.1) is 22.7 Å². The molecule has 8 nitrogen and oxygen atoms in total. The standard InChI is InChI=1S/C24H35ClF2N4O4Si/c1-22(2,3)36(5,6)35-17-12-14(10-11-24(17,26)27)31-18(32)13-23(4,30-20(31)29-21(33)34)15-8-7-9-16(28)19(15)25/h7-9,14,17H,10-13,28H2,1-6H3,(H,29,30)(H,33,34)/t14-,17-,23-/m0/s1. The highest BCUT2D eigenvalue weighted by molar-refractivity contribution is 6.74. The molecule has 1 saturated heterocycles. The van der Waals surface area contributed by atoms with Crippen LogP contribution in [0.2, 0.25) is 23.2 Å². The van der Waals surface area contributed by atoms with Gasteiger partial charge in [-0.3, -0.25) is 9.69 Å². The topological polar surface area (TPSA) is 117 Å². The van der Waals surface area contributed by atoms with Crippen molar-refractivity contribution in [3.8, 4) is 0 Å². The van der Waals surface area contributed by atoms with Crippen LogP contribution in [0.3, 0.4) is 0 Å². The van der Waals surface area contributed by atoms with Crippen molar-refractivity contribution in [2.24, 2.45) is 4.99 Å². The fourth-order valence-electron chi connectivity index (χ4n) is 4.50. The number of carbonyl (C=O) groups excluding carboxylic acids is 1. The van der Waals surface area contributed by atoms with Crippen LogP contribution in [0.5, 0.6) is 0 Å². The smallest absolute Gasteiger partial charge is 0.434 e. The van der Waals surface area contributed by atoms with E-state index in [0.29, 0.717) is 11.3 Å². The summed E-state index contributed by atoms with van der Waals surface area (Å²) in [6.45, 7) is 11.4. The largest absolute Gasteiger partial charge is 0.463 e. The van der Waals surface area contributed by atoms with Gasteiger partial charge in [0.15, 0.2) is 8.32 Å². The van der Waals surface area contributed by atoms with E-state index >= 15 is 0 Å². The number of nitrogen functional groups attached to an aromatic ring is 1. The summed E-state index contributed by atoms with van der Waals surface area (Å²) in [5.74, 6) is -3.73. The van der Waals surface area contributed by atoms with Crippen LogP contribution in [0, 0.1) is 0 Å². The molecular formula is C24H35ClF2N4O4Si. The number of rotatable bonds is 4. The number of amides is 2. The molecule has 1 aliphatic heterocycles. The number of nitrogens with zero attached hydrogens (tertiary/aromatic N) is 2. The molecule has 1 aromatic rings. The molecule has 12 heteroatoms. The third-order valence-corrected chi connectivity index (χ3v) is 12.5. The predicted octanol–water partition coefficient (Wildman–Crippen LogP) is 5.57. The second-order valence-electron chi connectivity index (χ2n) is 11.4. The van der Waals surface area contributed by atoms with Crippen molar-refractivity contribution < 1.29 is 27.9 Å². The van der Waals surface area contributed by atoms with Gasteiger partial charge in [0.1, 0.15) is 6.10 Å². The fourth-order valence-corrected chi connectivity index (χ4v) is 6.17. The first kappa shape index (κ1) is 28.3. The summed E-state index contributed by atoms with van der Waals surface area (Å²) >= 11 is 6.41. The van der Waals surface area contributed by atoms with Gasteiger partial charge in [0.25, 0.3) is 5.92 Å². The number of nitrogens with two attached hydrogens (primary N) is 1. The highest BCUT2D eigenvalue weighted by Gasteiger charge is 2.53. The molecule has 2 aliphatic rings. The van der Waals surface area contributed by atoms with Gasteiger partial charge in [0.2, 0.25) is 11.9 Å². The Kier molecular flexibility index (Phi) is 7.53. The monoisotopic (exact) mass is 544 g/mol. The summed E-state index contributed by atoms with van der Waals surface area (Å²) in [7, 11) is -2.55. The molecule has 1 aliphatic carbocycles. The van der Waals surface area contributed by atoms with Gasteiger partial charge < -0.3 is 20.6 Å². The van der Waals surface area contributed by atoms with Crippen molar-refractivity contribution in [1.29, 1.82) is 0 Å². The van der Waals surface area contributed by atoms with E-state index < -0.39 is 50.3 Å². The van der Waals surface area contributed by atoms with Crippen LogP contribution in [-0.2, 0) is 14.8 Å². The van der Waals surface area contributed by atoms with Crippen molar-refractivity contribution in [1.82, 2.24) is 10.2 Å². The lowest BCUT2D eigenvalue weighted by Gasteiger charge is -2.49. The van der Waals surface area contributed by atoms with Gasteiger partial charge in [-0.15, -0.1) is 4.99 Å². The van der Waals surface area contributed by atoms with Crippen LogP contribution in [-0.4, -0.2) is 54.4 Å². The van der Waals surface area contributed by atoms with Crippen molar-refractivity contribution in [3.63, 3.8) is 0 Å². The molecule has 3 atom stereocenters. The molecule has 1 heterocycles. The third kappa shape index (κ3) is 5.52. The Hall–Kier alpha value is -2.24. The number of benzene rings is 1. The zero-order valence-corrected chi connectivity index (χ0v) is 23.2. The van der Waals surface area contributed by atoms with E-state index in [2.05, 4.69) is 10.3 Å². The molecule has 2 fully saturated rings. The highest BCUT2D eigenvalue weighted by Crippen LogP contribution is 2.45. The number of hydrogen-bond donors (Lipinski definition) is 3. The van der Waals surface area contributed by atoms with E-state index in [1.54, 1.807) is 25.1 Å². The predicted molar refractivity (Wildman–Crippen MR) is 138 cm³/mol. The summed E-state index contributed by atoms with van der Waals surface area (Å²) in [4.78, 5) is 29.9.